The van der Waals surface area contributed by atoms with Gasteiger partial charge in [-0.1, -0.05) is 237 Å². The molecule has 73 heavy (non-hydrogen) atoms. The maximum absolute atomic E-state index is 13.5. The lowest BCUT2D eigenvalue weighted by Gasteiger charge is -2.30. The summed E-state index contributed by atoms with van der Waals surface area (Å²) in [6, 6.07) is -0.891. The van der Waals surface area contributed by atoms with Gasteiger partial charge in [0.15, 0.2) is 0 Å². The Bertz CT molecular complexity index is 1390. The van der Waals surface area contributed by atoms with Gasteiger partial charge in [-0.15, -0.1) is 0 Å². The second kappa shape index (κ2) is 53.4. The van der Waals surface area contributed by atoms with Gasteiger partial charge >= 0.3 is 5.97 Å². The highest BCUT2D eigenvalue weighted by atomic mass is 31.2. The zero-order valence-electron chi connectivity index (χ0n) is 48.8. The van der Waals surface area contributed by atoms with E-state index < -0.39 is 20.0 Å². The summed E-state index contributed by atoms with van der Waals surface area (Å²) in [6.07, 6.45) is 64.9. The Kier molecular flexibility index (Phi) is 51.9. The first kappa shape index (κ1) is 71.0. The van der Waals surface area contributed by atoms with E-state index in [0.29, 0.717) is 17.4 Å². The van der Waals surface area contributed by atoms with Crippen LogP contribution in [0.1, 0.15) is 290 Å². The van der Waals surface area contributed by atoms with E-state index in [4.69, 9.17) is 13.8 Å². The number of nitrogens with zero attached hydrogens (tertiary/aromatic N) is 1. The van der Waals surface area contributed by atoms with Gasteiger partial charge in [0.25, 0.3) is 7.82 Å². The van der Waals surface area contributed by atoms with Crippen molar-refractivity contribution >= 4 is 19.7 Å². The first-order valence-electron chi connectivity index (χ1n) is 30.9. The van der Waals surface area contributed by atoms with Crippen molar-refractivity contribution in [2.75, 3.05) is 40.9 Å². The lowest BCUT2D eigenvalue weighted by molar-refractivity contribution is -0.870. The lowest BCUT2D eigenvalue weighted by atomic mass is 10.0. The molecule has 0 saturated heterocycles. The van der Waals surface area contributed by atoms with Gasteiger partial charge in [0.2, 0.25) is 5.91 Å². The third kappa shape index (κ3) is 54.6. The van der Waals surface area contributed by atoms with Gasteiger partial charge in [-0.25, -0.2) is 0 Å². The molecule has 0 radical (unpaired) electrons. The van der Waals surface area contributed by atoms with Crippen molar-refractivity contribution in [3.8, 4) is 0 Å². The number of nitrogens with one attached hydrogen (secondary N) is 1. The highest BCUT2D eigenvalue weighted by molar-refractivity contribution is 7.45. The third-order valence-electron chi connectivity index (χ3n) is 13.7. The van der Waals surface area contributed by atoms with Gasteiger partial charge in [0.05, 0.1) is 33.8 Å². The van der Waals surface area contributed by atoms with Crippen molar-refractivity contribution in [2.45, 2.75) is 303 Å². The van der Waals surface area contributed by atoms with E-state index in [0.717, 1.165) is 77.0 Å². The van der Waals surface area contributed by atoms with Crippen molar-refractivity contribution < 1.29 is 37.3 Å². The Balaban J connectivity index is 5.29. The fourth-order valence-electron chi connectivity index (χ4n) is 8.90. The van der Waals surface area contributed by atoms with Crippen LogP contribution in [0.4, 0.5) is 0 Å². The summed E-state index contributed by atoms with van der Waals surface area (Å²) >= 11 is 0. The minimum absolute atomic E-state index is 0.0234. The van der Waals surface area contributed by atoms with Crippen LogP contribution >= 0.6 is 7.82 Å². The zero-order chi connectivity index (χ0) is 53.6. The molecular formula is C63H119N2O7P. The van der Waals surface area contributed by atoms with Crippen LogP contribution in [0.3, 0.4) is 0 Å². The second-order valence-corrected chi connectivity index (χ2v) is 23.6. The highest BCUT2D eigenvalue weighted by Gasteiger charge is 2.27. The summed E-state index contributed by atoms with van der Waals surface area (Å²) < 4.78 is 30.3. The third-order valence-corrected chi connectivity index (χ3v) is 14.7. The number of unbranched alkanes of at least 4 members (excludes halogenated alkanes) is 34. The molecule has 1 amide bonds. The minimum Gasteiger partial charge on any atom is -0.756 e. The molecule has 0 spiro atoms. The van der Waals surface area contributed by atoms with E-state index in [1.807, 2.05) is 33.3 Å². The Labute approximate surface area is 452 Å². The molecule has 0 heterocycles. The van der Waals surface area contributed by atoms with Crippen LogP contribution in [0.25, 0.3) is 0 Å². The van der Waals surface area contributed by atoms with E-state index in [1.165, 1.54) is 180 Å². The Hall–Kier alpha value is -2.03. The average Bonchev–Trinajstić information content (AvgIpc) is 3.35. The van der Waals surface area contributed by atoms with Gasteiger partial charge in [-0.3, -0.25) is 14.2 Å². The van der Waals surface area contributed by atoms with Gasteiger partial charge in [0, 0.05) is 12.8 Å². The summed E-state index contributed by atoms with van der Waals surface area (Å²) in [5.41, 5.74) is 0. The SMILES string of the molecule is CCCCC/C=C\C/C=C\CCCCCCCCCCCC(=O)OC(/C=C/CCCCCCCCCCCCC)C(COP(=O)([O-])OCC[N+](C)(C)C)NC(=O)CCCCCCCCC/C=C\CCCCCC. The largest absolute Gasteiger partial charge is 0.756 e. The first-order valence-corrected chi connectivity index (χ1v) is 32.4. The fourth-order valence-corrected chi connectivity index (χ4v) is 9.62. The molecule has 0 bridgehead atoms. The number of amides is 1. The number of ether oxygens (including phenoxy) is 1. The molecule has 428 valence electrons. The van der Waals surface area contributed by atoms with Crippen LogP contribution < -0.4 is 10.2 Å². The Morgan fingerprint density at radius 1 is 0.479 bits per heavy atom. The number of esters is 1. The van der Waals surface area contributed by atoms with Crippen molar-refractivity contribution in [3.05, 3.63) is 48.6 Å². The quantitative estimate of drug-likeness (QED) is 0.0212. The molecule has 10 heteroatoms. The zero-order valence-corrected chi connectivity index (χ0v) is 49.7. The predicted octanol–water partition coefficient (Wildman–Crippen LogP) is 18.3. The maximum Gasteiger partial charge on any atom is 0.306 e. The van der Waals surface area contributed by atoms with E-state index in [2.05, 4.69) is 62.5 Å². The van der Waals surface area contributed by atoms with E-state index in [9.17, 15) is 19.0 Å². The van der Waals surface area contributed by atoms with Crippen LogP contribution in [0.5, 0.6) is 0 Å². The number of likely N-dealkylation sites (N-methyl/N-ethyl adjacent to an activating group) is 1. The summed E-state index contributed by atoms with van der Waals surface area (Å²) in [7, 11) is 1.18. The van der Waals surface area contributed by atoms with Crippen molar-refractivity contribution in [1.82, 2.24) is 5.32 Å². The summed E-state index contributed by atoms with van der Waals surface area (Å²) in [5, 5.41) is 3.03. The van der Waals surface area contributed by atoms with Crippen LogP contribution in [0, 0.1) is 0 Å². The van der Waals surface area contributed by atoms with Crippen molar-refractivity contribution in [3.63, 3.8) is 0 Å². The molecule has 0 aliphatic heterocycles. The van der Waals surface area contributed by atoms with Crippen LogP contribution in [-0.2, 0) is 27.9 Å². The van der Waals surface area contributed by atoms with Gasteiger partial charge in [0.1, 0.15) is 19.3 Å². The topological polar surface area (TPSA) is 114 Å². The summed E-state index contributed by atoms with van der Waals surface area (Å²) in [6.45, 7) is 6.82. The van der Waals surface area contributed by atoms with Gasteiger partial charge in [-0.05, 0) is 89.5 Å². The number of hydrogen-bond donors (Lipinski definition) is 1. The molecule has 0 aromatic heterocycles. The molecule has 3 unspecified atom stereocenters. The Morgan fingerprint density at radius 2 is 0.836 bits per heavy atom. The Morgan fingerprint density at radius 3 is 1.29 bits per heavy atom. The summed E-state index contributed by atoms with van der Waals surface area (Å²) in [5.74, 6) is -0.543. The highest BCUT2D eigenvalue weighted by Crippen LogP contribution is 2.38. The monoisotopic (exact) mass is 1050 g/mol. The standard InChI is InChI=1S/C63H119N2O7P/c1-7-10-13-16-19-22-25-28-30-31-32-33-35-38-41-44-47-50-53-56-63(67)72-61(54-51-48-45-42-39-36-27-24-21-18-15-12-9-3)60(59-71-73(68,69)70-58-57-65(4,5)6)64-62(66)55-52-49-46-43-40-37-34-29-26-23-20-17-14-11-8-2/h19,22-23,26,28,30,51,54,60-61H,7-18,20-21,24-25,27,29,31-50,52-53,55-59H2,1-6H3,(H-,64,66,68,69)/b22-19-,26-23-,30-28-,54-51+. The number of hydrogen-bond acceptors (Lipinski definition) is 7. The van der Waals surface area contributed by atoms with Crippen molar-refractivity contribution in [1.29, 1.82) is 0 Å². The van der Waals surface area contributed by atoms with Crippen LogP contribution in [0.15, 0.2) is 48.6 Å². The van der Waals surface area contributed by atoms with Crippen LogP contribution in [-0.4, -0.2) is 69.4 Å². The van der Waals surface area contributed by atoms with Crippen molar-refractivity contribution in [2.24, 2.45) is 0 Å². The minimum atomic E-state index is -4.70. The molecule has 1 N–H and O–H groups in total. The van der Waals surface area contributed by atoms with Gasteiger partial charge in [-0.2, -0.15) is 0 Å². The fraction of sp³-hybridized carbons (Fsp3) is 0.841. The summed E-state index contributed by atoms with van der Waals surface area (Å²) in [4.78, 5) is 40.0. The number of phosphoric ester groups is 1. The normalized spacial score (nSPS) is 14.0. The molecule has 0 saturated carbocycles. The molecule has 0 aliphatic carbocycles. The molecule has 0 rings (SSSR count). The number of carbonyl (C=O) groups excluding carboxylic acids is 2. The number of allylic oxidation sites excluding steroid dienone is 7. The number of quaternary nitrogens is 1. The maximum atomic E-state index is 13.5. The molecule has 3 atom stereocenters. The van der Waals surface area contributed by atoms with Gasteiger partial charge < -0.3 is 28.5 Å². The molecule has 0 aromatic rings. The lowest BCUT2D eigenvalue weighted by Crippen LogP contribution is -2.47. The first-order chi connectivity index (χ1) is 35.4. The number of rotatable bonds is 56. The number of phosphoric acid groups is 1. The molecule has 0 aromatic carbocycles. The van der Waals surface area contributed by atoms with E-state index >= 15 is 0 Å². The molecule has 9 nitrogen and oxygen atoms in total. The second-order valence-electron chi connectivity index (χ2n) is 22.2. The predicted molar refractivity (Wildman–Crippen MR) is 312 cm³/mol. The van der Waals surface area contributed by atoms with E-state index in [1.54, 1.807) is 0 Å². The molecule has 0 aliphatic rings. The smallest absolute Gasteiger partial charge is 0.306 e. The molecule has 0 fully saturated rings. The average molecular weight is 1050 g/mol. The van der Waals surface area contributed by atoms with Crippen LogP contribution in [0.2, 0.25) is 0 Å². The number of carbonyl (C=O) groups is 2. The molecular weight excluding hydrogens is 928 g/mol. The van der Waals surface area contributed by atoms with E-state index in [-0.39, 0.29) is 31.5 Å².